The second kappa shape index (κ2) is 4.54. The van der Waals surface area contributed by atoms with Crippen LogP contribution in [0.5, 0.6) is 0 Å². The van der Waals surface area contributed by atoms with Crippen molar-refractivity contribution in [1.29, 1.82) is 0 Å². The second-order valence-corrected chi connectivity index (χ2v) is 4.73. The van der Waals surface area contributed by atoms with E-state index in [1.165, 1.54) is 29.5 Å². The first-order valence-corrected chi connectivity index (χ1v) is 5.95. The van der Waals surface area contributed by atoms with Crippen molar-refractivity contribution in [2.75, 3.05) is 5.73 Å². The molecular weight excluding hydrogens is 230 g/mol. The smallest absolute Gasteiger partial charge is 0.176 e. The molecule has 0 fully saturated rings. The maximum atomic E-state index is 5.52. The number of nitrogens with two attached hydrogens (primary N) is 1. The topological polar surface area (TPSA) is 77.6 Å². The molecule has 2 rings (SSSR count). The lowest BCUT2D eigenvalue weighted by molar-refractivity contribution is 0.969. The van der Waals surface area contributed by atoms with Crippen LogP contribution in [0.1, 0.15) is 12.7 Å². The highest BCUT2D eigenvalue weighted by Gasteiger charge is 2.05. The molecule has 15 heavy (non-hydrogen) atoms. The standard InChI is InChI=1S/C8H9N5S2/c1-2-6-12-8(15-13-6)14-7-4-10-3-5(9)11-7/h3-4H,2H2,1H3,(H2,9,11). The van der Waals surface area contributed by atoms with Gasteiger partial charge in [0.2, 0.25) is 0 Å². The molecule has 0 radical (unpaired) electrons. The van der Waals surface area contributed by atoms with Gasteiger partial charge in [-0.2, -0.15) is 4.37 Å². The number of aromatic nitrogens is 4. The Kier molecular flexibility index (Phi) is 3.12. The molecule has 2 N–H and O–H groups in total. The van der Waals surface area contributed by atoms with E-state index >= 15 is 0 Å². The van der Waals surface area contributed by atoms with Gasteiger partial charge < -0.3 is 5.73 Å². The Hall–Kier alpha value is -1.21. The van der Waals surface area contributed by atoms with Gasteiger partial charge in [-0.1, -0.05) is 6.92 Å². The van der Waals surface area contributed by atoms with Crippen LogP contribution < -0.4 is 5.73 Å². The Labute approximate surface area is 95.3 Å². The third-order valence-electron chi connectivity index (χ3n) is 1.59. The molecular formula is C8H9N5S2. The predicted molar refractivity (Wildman–Crippen MR) is 59.9 cm³/mol. The molecule has 0 spiro atoms. The Morgan fingerprint density at radius 2 is 2.27 bits per heavy atom. The lowest BCUT2D eigenvalue weighted by Gasteiger charge is -1.95. The van der Waals surface area contributed by atoms with Gasteiger partial charge in [-0.25, -0.2) is 9.97 Å². The third-order valence-corrected chi connectivity index (χ3v) is 3.28. The van der Waals surface area contributed by atoms with Crippen molar-refractivity contribution in [2.45, 2.75) is 22.7 Å². The summed E-state index contributed by atoms with van der Waals surface area (Å²) < 4.78 is 5.05. The van der Waals surface area contributed by atoms with E-state index in [0.717, 1.165) is 21.6 Å². The summed E-state index contributed by atoms with van der Waals surface area (Å²) in [4.78, 5) is 12.4. The molecule has 2 aromatic heterocycles. The summed E-state index contributed by atoms with van der Waals surface area (Å²) in [5.41, 5.74) is 5.52. The molecule has 0 aliphatic carbocycles. The van der Waals surface area contributed by atoms with Crippen molar-refractivity contribution < 1.29 is 0 Å². The van der Waals surface area contributed by atoms with Gasteiger partial charge >= 0.3 is 0 Å². The van der Waals surface area contributed by atoms with E-state index in [1.54, 1.807) is 6.20 Å². The van der Waals surface area contributed by atoms with E-state index in [0.29, 0.717) is 5.82 Å². The number of hydrogen-bond donors (Lipinski definition) is 1. The summed E-state index contributed by atoms with van der Waals surface area (Å²) in [6.45, 7) is 2.02. The Morgan fingerprint density at radius 1 is 1.40 bits per heavy atom. The van der Waals surface area contributed by atoms with Crippen LogP contribution in [0.3, 0.4) is 0 Å². The molecule has 0 aromatic carbocycles. The molecule has 5 nitrogen and oxygen atoms in total. The first-order valence-electron chi connectivity index (χ1n) is 4.36. The summed E-state index contributed by atoms with van der Waals surface area (Å²) in [5, 5.41) is 0.744. The molecule has 0 unspecified atom stereocenters. The molecule has 0 amide bonds. The zero-order valence-corrected chi connectivity index (χ0v) is 9.68. The third kappa shape index (κ3) is 2.63. The minimum atomic E-state index is 0.417. The fourth-order valence-electron chi connectivity index (χ4n) is 0.924. The van der Waals surface area contributed by atoms with Gasteiger partial charge in [0.25, 0.3) is 0 Å². The number of nitrogen functional groups attached to an aromatic ring is 1. The zero-order valence-electron chi connectivity index (χ0n) is 8.04. The van der Waals surface area contributed by atoms with Crippen LogP contribution in [-0.4, -0.2) is 19.3 Å². The lowest BCUT2D eigenvalue weighted by atomic mass is 10.5. The van der Waals surface area contributed by atoms with Gasteiger partial charge in [0, 0.05) is 6.42 Å². The average molecular weight is 239 g/mol. The monoisotopic (exact) mass is 239 g/mol. The van der Waals surface area contributed by atoms with Crippen LogP contribution in [0.25, 0.3) is 0 Å². The van der Waals surface area contributed by atoms with Crippen LogP contribution in [0.15, 0.2) is 21.8 Å². The van der Waals surface area contributed by atoms with E-state index in [2.05, 4.69) is 19.3 Å². The first-order chi connectivity index (χ1) is 7.28. The first kappa shape index (κ1) is 10.3. The average Bonchev–Trinajstić information content (AvgIpc) is 2.65. The molecule has 2 heterocycles. The van der Waals surface area contributed by atoms with Gasteiger partial charge in [0.15, 0.2) is 4.34 Å². The van der Waals surface area contributed by atoms with Crippen LogP contribution >= 0.6 is 23.3 Å². The number of rotatable bonds is 3. The van der Waals surface area contributed by atoms with E-state index in [9.17, 15) is 0 Å². The molecule has 0 bridgehead atoms. The SMILES string of the molecule is CCc1nsc(Sc2cncc(N)n2)n1. The molecule has 0 aliphatic heterocycles. The Balaban J connectivity index is 2.14. The zero-order chi connectivity index (χ0) is 10.7. The van der Waals surface area contributed by atoms with Crippen LogP contribution in [-0.2, 0) is 6.42 Å². The van der Waals surface area contributed by atoms with E-state index in [4.69, 9.17) is 5.73 Å². The number of aryl methyl sites for hydroxylation is 1. The highest BCUT2D eigenvalue weighted by Crippen LogP contribution is 2.27. The summed E-state index contributed by atoms with van der Waals surface area (Å²) in [7, 11) is 0. The summed E-state index contributed by atoms with van der Waals surface area (Å²) >= 11 is 2.80. The van der Waals surface area contributed by atoms with Gasteiger partial charge in [0.1, 0.15) is 16.7 Å². The van der Waals surface area contributed by atoms with Crippen molar-refractivity contribution in [3.63, 3.8) is 0 Å². The minimum Gasteiger partial charge on any atom is -0.382 e. The highest BCUT2D eigenvalue weighted by molar-refractivity contribution is 8.00. The van der Waals surface area contributed by atoms with Crippen molar-refractivity contribution in [3.05, 3.63) is 18.2 Å². The van der Waals surface area contributed by atoms with Crippen molar-refractivity contribution >= 4 is 29.1 Å². The maximum absolute atomic E-state index is 5.52. The van der Waals surface area contributed by atoms with Crippen molar-refractivity contribution in [3.8, 4) is 0 Å². The lowest BCUT2D eigenvalue weighted by Crippen LogP contribution is -1.92. The number of anilines is 1. The van der Waals surface area contributed by atoms with Crippen LogP contribution in [0.2, 0.25) is 0 Å². The molecule has 0 atom stereocenters. The minimum absolute atomic E-state index is 0.417. The number of nitrogens with zero attached hydrogens (tertiary/aromatic N) is 4. The van der Waals surface area contributed by atoms with Gasteiger partial charge in [-0.3, -0.25) is 4.98 Å². The second-order valence-electron chi connectivity index (χ2n) is 2.71. The quantitative estimate of drug-likeness (QED) is 0.877. The van der Waals surface area contributed by atoms with Crippen molar-refractivity contribution in [2.24, 2.45) is 0 Å². The van der Waals surface area contributed by atoms with Gasteiger partial charge in [-0.05, 0) is 23.3 Å². The largest absolute Gasteiger partial charge is 0.382 e. The molecule has 78 valence electrons. The van der Waals surface area contributed by atoms with Crippen LogP contribution in [0.4, 0.5) is 5.82 Å². The predicted octanol–water partition coefficient (Wildman–Crippen LogP) is 1.62. The summed E-state index contributed by atoms with van der Waals surface area (Å²) in [6, 6.07) is 0. The van der Waals surface area contributed by atoms with Crippen LogP contribution in [0, 0.1) is 0 Å². The Morgan fingerprint density at radius 3 is 2.93 bits per heavy atom. The van der Waals surface area contributed by atoms with Crippen molar-refractivity contribution in [1.82, 2.24) is 19.3 Å². The summed E-state index contributed by atoms with van der Waals surface area (Å²) in [6.07, 6.45) is 4.02. The van der Waals surface area contributed by atoms with E-state index in [1.807, 2.05) is 6.92 Å². The van der Waals surface area contributed by atoms with Gasteiger partial charge in [0.05, 0.1) is 12.4 Å². The fraction of sp³-hybridized carbons (Fsp3) is 0.250. The Bertz CT molecular complexity index is 456. The highest BCUT2D eigenvalue weighted by atomic mass is 32.2. The van der Waals surface area contributed by atoms with E-state index < -0.39 is 0 Å². The molecule has 2 aromatic rings. The fourth-order valence-corrected chi connectivity index (χ4v) is 2.54. The number of hydrogen-bond acceptors (Lipinski definition) is 7. The molecule has 7 heteroatoms. The molecule has 0 aliphatic rings. The molecule has 0 saturated carbocycles. The summed E-state index contributed by atoms with van der Waals surface area (Å²) in [5.74, 6) is 1.28. The molecule has 0 saturated heterocycles. The van der Waals surface area contributed by atoms with E-state index in [-0.39, 0.29) is 0 Å². The maximum Gasteiger partial charge on any atom is 0.176 e. The van der Waals surface area contributed by atoms with Gasteiger partial charge in [-0.15, -0.1) is 0 Å². The normalized spacial score (nSPS) is 10.5.